The van der Waals surface area contributed by atoms with E-state index in [9.17, 15) is 14.4 Å². The Labute approximate surface area is 680 Å². The lowest BCUT2D eigenvalue weighted by molar-refractivity contribution is -0.132. The first-order valence-electron chi connectivity index (χ1n) is 37.7. The molecule has 0 bridgehead atoms. The molecule has 118 heavy (non-hydrogen) atoms. The highest BCUT2D eigenvalue weighted by Gasteiger charge is 2.30. The van der Waals surface area contributed by atoms with Gasteiger partial charge in [-0.15, -0.1) is 0 Å². The number of likely N-dealkylation sites (N-methyl/N-ethyl adjacent to an activating group) is 1. The molecule has 2 saturated heterocycles. The number of allylic oxidation sites excluding steroid dienone is 1. The Bertz CT molecular complexity index is 6490. The maximum Gasteiger partial charge on any atom is 0.252 e. The van der Waals surface area contributed by atoms with Crippen molar-refractivity contribution in [3.05, 3.63) is 342 Å². The van der Waals surface area contributed by atoms with E-state index in [-0.39, 0.29) is 34.7 Å². The molecule has 2 amide bonds. The monoisotopic (exact) mass is 1550 g/mol. The summed E-state index contributed by atoms with van der Waals surface area (Å²) < 4.78 is 23.7. The van der Waals surface area contributed by atoms with Gasteiger partial charge in [0.1, 0.15) is 70.9 Å². The Morgan fingerprint density at radius 1 is 0.390 bits per heavy atom. The summed E-state index contributed by atoms with van der Waals surface area (Å²) in [6.45, 7) is 30.2. The van der Waals surface area contributed by atoms with Crippen LogP contribution in [0.3, 0.4) is 0 Å². The number of piperazine rings is 1. The van der Waals surface area contributed by atoms with Crippen LogP contribution in [0.25, 0.3) is 116 Å². The van der Waals surface area contributed by atoms with E-state index in [0.29, 0.717) is 66.5 Å². The fourth-order valence-electron chi connectivity index (χ4n) is 13.9. The van der Waals surface area contributed by atoms with E-state index in [0.717, 1.165) is 131 Å². The van der Waals surface area contributed by atoms with E-state index in [1.807, 2.05) is 276 Å². The molecule has 17 rings (SSSR count). The number of amides is 2. The minimum Gasteiger partial charge on any atom is -0.457 e. The molecule has 8 heterocycles. The predicted octanol–water partition coefficient (Wildman–Crippen LogP) is 18.0. The quantitative estimate of drug-likeness (QED) is 0.0532. The number of anilines is 3. The van der Waals surface area contributed by atoms with Gasteiger partial charge in [-0.1, -0.05) is 134 Å². The van der Waals surface area contributed by atoms with Crippen LogP contribution in [-0.4, -0.2) is 122 Å². The number of carbonyl (C=O) groups excluding carboxylic acids is 3. The highest BCUT2D eigenvalue weighted by atomic mass is 16.5. The number of carbonyl (C=O) groups is 3. The molecule has 9 aromatic carbocycles. The molecule has 6 N–H and O–H groups in total. The Hall–Kier alpha value is -16.1. The normalized spacial score (nSPS) is 13.1. The third-order valence-corrected chi connectivity index (χ3v) is 19.9. The second-order valence-electron chi connectivity index (χ2n) is 28.1. The Kier molecular flexibility index (Phi) is 22.8. The van der Waals surface area contributed by atoms with Crippen molar-refractivity contribution in [2.75, 3.05) is 63.5 Å². The molecule has 2 aliphatic heterocycles. The average molecular weight is 1550 g/mol. The summed E-state index contributed by atoms with van der Waals surface area (Å²) >= 11 is 0. The van der Waals surface area contributed by atoms with Gasteiger partial charge in [-0.05, 0) is 181 Å². The van der Waals surface area contributed by atoms with Crippen LogP contribution in [0.15, 0.2) is 291 Å². The topological polar surface area (TPSA) is 272 Å². The molecule has 0 spiro atoms. The second kappa shape index (κ2) is 34.9. The van der Waals surface area contributed by atoms with Gasteiger partial charge in [0, 0.05) is 91.6 Å². The van der Waals surface area contributed by atoms with Crippen molar-refractivity contribution in [3.63, 3.8) is 0 Å². The van der Waals surface area contributed by atoms with Crippen LogP contribution in [-0.2, 0) is 14.4 Å². The number of hydrogen-bond donors (Lipinski definition) is 3. The van der Waals surface area contributed by atoms with Crippen molar-refractivity contribution in [2.45, 2.75) is 13.8 Å². The molecule has 15 aromatic rings. The maximum absolute atomic E-state index is 13.1. The third kappa shape index (κ3) is 17.3. The van der Waals surface area contributed by atoms with Gasteiger partial charge in [-0.3, -0.25) is 9.59 Å². The zero-order chi connectivity index (χ0) is 81.8. The van der Waals surface area contributed by atoms with Crippen LogP contribution >= 0.6 is 0 Å². The first kappa shape index (κ1) is 77.2. The Balaban J connectivity index is 0.000000139. The van der Waals surface area contributed by atoms with Gasteiger partial charge >= 0.3 is 0 Å². The number of nitrogens with zero attached hydrogens (tertiary/aromatic N) is 15. The number of para-hydroxylation sites is 3. The molecule has 578 valence electrons. The number of aromatic nitrogens is 9. The molecule has 0 atom stereocenters. The summed E-state index contributed by atoms with van der Waals surface area (Å²) in [7, 11) is 2.03. The summed E-state index contributed by atoms with van der Waals surface area (Å²) in [4.78, 5) is 79.9. The smallest absolute Gasteiger partial charge is 0.252 e. The van der Waals surface area contributed by atoms with Gasteiger partial charge in [-0.2, -0.15) is 0 Å². The zero-order valence-corrected chi connectivity index (χ0v) is 64.4. The molecule has 2 aliphatic rings. The van der Waals surface area contributed by atoms with Crippen molar-refractivity contribution < 1.29 is 28.6 Å². The molecule has 0 radical (unpaired) electrons. The standard InChI is InChI=1S/C33H29N7O2.C32H26N6O2.C29H21N5O2/c1-35-29(33(41)39-17-15-38(2)16-18-39)20-23-7-6-8-25(19-23)40-21-28(30-31(34)36-22-37-32(30)40)24-11-13-27(14-12-24)42-26-9-4-3-5-10-26;1-21-17-37(18-21)32(39)28(34-2)16-22-7-6-8-24(15-22)38-19-27(29-30(33)35-20-36-31(29)38)23-11-13-26(14-12-23)40-25-9-4-3-5-10-25;1-19(35)26(31-2)16-20-7-6-8-22(15-20)34-17-25(27-28(30)32-18-33-29(27)34)21-11-13-24(14-12-21)36-23-9-4-3-5-10-23/h3-14,19-22H,15-18H2,2H3,(H2,34,36,37);3-16,19-21H,17-18H2,1H3,(H2,33,35,36);3-18H,1H3,(H2,30,32,33)/b29-20-;28-16-;26-16-. The van der Waals surface area contributed by atoms with Crippen molar-refractivity contribution in [3.8, 4) is 84.9 Å². The molecule has 6 aromatic heterocycles. The minimum atomic E-state index is -0.274. The van der Waals surface area contributed by atoms with E-state index in [2.05, 4.69) is 56.3 Å². The molecule has 2 fully saturated rings. The maximum atomic E-state index is 13.1. The predicted molar refractivity (Wildman–Crippen MR) is 460 cm³/mol. The number of nitrogen functional groups attached to an aromatic ring is 3. The Morgan fingerprint density at radius 2 is 0.695 bits per heavy atom. The van der Waals surface area contributed by atoms with Gasteiger partial charge in [0.2, 0.25) is 5.70 Å². The van der Waals surface area contributed by atoms with Gasteiger partial charge < -0.3 is 64.6 Å². The van der Waals surface area contributed by atoms with Crippen molar-refractivity contribution >= 4 is 86.4 Å². The summed E-state index contributed by atoms with van der Waals surface area (Å²) in [5, 5.41) is 2.21. The average Bonchev–Trinajstić information content (AvgIpc) is 1.62. The molecule has 24 heteroatoms. The Morgan fingerprint density at radius 3 is 1.00 bits per heavy atom. The number of ether oxygens (including phenoxy) is 3. The number of ketones is 1. The number of nitrogens with two attached hydrogens (primary N) is 3. The summed E-state index contributed by atoms with van der Waals surface area (Å²) in [6.07, 6.45) is 15.1. The molecule has 0 saturated carbocycles. The van der Waals surface area contributed by atoms with Gasteiger partial charge in [0.15, 0.2) is 22.7 Å². The number of hydrogen-bond acceptors (Lipinski definition) is 16. The van der Waals surface area contributed by atoms with Crippen LogP contribution in [0.1, 0.15) is 30.5 Å². The lowest BCUT2D eigenvalue weighted by atomic mass is 10.0. The third-order valence-electron chi connectivity index (χ3n) is 19.9. The van der Waals surface area contributed by atoms with Crippen LogP contribution < -0.4 is 31.4 Å². The van der Waals surface area contributed by atoms with Gasteiger partial charge in [-0.25, -0.2) is 44.4 Å². The molecular weight excluding hydrogens is 1480 g/mol. The zero-order valence-electron chi connectivity index (χ0n) is 64.4. The number of benzene rings is 9. The van der Waals surface area contributed by atoms with E-state index < -0.39 is 0 Å². The fourth-order valence-corrected chi connectivity index (χ4v) is 13.9. The van der Waals surface area contributed by atoms with Gasteiger partial charge in [0.25, 0.3) is 23.2 Å². The van der Waals surface area contributed by atoms with E-state index in [1.54, 1.807) is 28.0 Å². The number of rotatable bonds is 18. The van der Waals surface area contributed by atoms with Gasteiger partial charge in [0.05, 0.1) is 35.9 Å². The second-order valence-corrected chi connectivity index (χ2v) is 28.1. The lowest BCUT2D eigenvalue weighted by Crippen LogP contribution is -2.48. The molecule has 0 unspecified atom stereocenters. The lowest BCUT2D eigenvalue weighted by Gasteiger charge is -2.37. The highest BCUT2D eigenvalue weighted by Crippen LogP contribution is 2.40. The van der Waals surface area contributed by atoms with Crippen LogP contribution in [0, 0.1) is 25.6 Å². The molecule has 24 nitrogen and oxygen atoms in total. The van der Waals surface area contributed by atoms with E-state index >= 15 is 0 Å². The fraction of sp³-hybridized carbons (Fsp3) is 0.106. The van der Waals surface area contributed by atoms with E-state index in [4.69, 9.17) is 51.1 Å². The first-order chi connectivity index (χ1) is 57.5. The van der Waals surface area contributed by atoms with Crippen molar-refractivity contribution in [2.24, 2.45) is 5.92 Å². The summed E-state index contributed by atoms with van der Waals surface area (Å²) in [6, 6.07) is 75.0. The first-order valence-corrected chi connectivity index (χ1v) is 37.7. The SMILES string of the molecule is [C-]#[N+]/C(=C\c1cccc(-n2cc(-c3ccc(Oc4ccccc4)cc3)c3c(N)ncnc32)c1)C(=O)N1CC(C)C1.[C-]#[N+]/C(=C\c1cccc(-n2cc(-c3ccc(Oc4ccccc4)cc3)c3c(N)ncnc32)c1)C(=O)N1CCN(C)CC1.[C-]#[N+]/C(=C\c1cccc(-n2cc(-c3ccc(Oc4ccccc4)cc3)c3c(N)ncnc32)c1)C(C)=O. The summed E-state index contributed by atoms with van der Waals surface area (Å²) in [5.74, 6) is 5.32. The highest BCUT2D eigenvalue weighted by molar-refractivity contribution is 6.05. The van der Waals surface area contributed by atoms with Crippen molar-refractivity contribution in [1.82, 2.24) is 58.3 Å². The number of Topliss-reactive ketones (excluding diaryl/α,β-unsaturated/α-hetero) is 1. The van der Waals surface area contributed by atoms with Crippen molar-refractivity contribution in [1.29, 1.82) is 0 Å². The molecular formula is C94H76N18O6. The summed E-state index contributed by atoms with van der Waals surface area (Å²) in [5.41, 5.74) is 31.4. The number of fused-ring (bicyclic) bond motifs is 3. The van der Waals surface area contributed by atoms with Crippen LogP contribution in [0.4, 0.5) is 17.5 Å². The molecule has 0 aliphatic carbocycles. The van der Waals surface area contributed by atoms with Crippen LogP contribution in [0.2, 0.25) is 0 Å². The van der Waals surface area contributed by atoms with Crippen LogP contribution in [0.5, 0.6) is 34.5 Å². The number of likely N-dealkylation sites (tertiary alicyclic amines) is 1. The largest absolute Gasteiger partial charge is 0.457 e. The minimum absolute atomic E-state index is 0.0783. The van der Waals surface area contributed by atoms with E-state index in [1.165, 1.54) is 25.9 Å².